The summed E-state index contributed by atoms with van der Waals surface area (Å²) in [6.45, 7) is 4.92. The molecule has 2 heterocycles. The Labute approximate surface area is 202 Å². The van der Waals surface area contributed by atoms with Crippen LogP contribution in [0.4, 0.5) is 13.2 Å². The average molecular weight is 490 g/mol. The zero-order valence-electron chi connectivity index (χ0n) is 19.9. The van der Waals surface area contributed by atoms with E-state index in [9.17, 15) is 23.2 Å². The van der Waals surface area contributed by atoms with Crippen molar-refractivity contribution in [1.82, 2.24) is 9.88 Å². The lowest BCUT2D eigenvalue weighted by Gasteiger charge is -2.60. The van der Waals surface area contributed by atoms with E-state index in [-0.39, 0.29) is 30.4 Å². The van der Waals surface area contributed by atoms with E-state index in [1.807, 2.05) is 20.0 Å². The molecule has 4 saturated carbocycles. The molecular weight excluding hydrogens is 459 g/mol. The second-order valence-corrected chi connectivity index (χ2v) is 11.4. The molecule has 1 amide bonds. The van der Waals surface area contributed by atoms with Crippen LogP contribution < -0.4 is 10.5 Å². The van der Waals surface area contributed by atoms with E-state index < -0.39 is 22.6 Å². The standard InChI is InChI=1S/C25H30F3N5O2/c1-23(2)18(12-35-19-4-3-17(10-31-19)25(26,27)28)11-33(22(23)32-13-29)20-15-5-14-6-16(20)9-24(7-14,8-15)21(30)34/h3-4,10,14-16,18,20H,5-9,11-12H2,1-2H3,(H2,30,34)/b32-22-. The third kappa shape index (κ3) is 3.93. The summed E-state index contributed by atoms with van der Waals surface area (Å²) in [5, 5.41) is 9.47. The van der Waals surface area contributed by atoms with Crippen molar-refractivity contribution in [2.75, 3.05) is 13.2 Å². The van der Waals surface area contributed by atoms with Gasteiger partial charge in [0, 0.05) is 41.6 Å². The van der Waals surface area contributed by atoms with Gasteiger partial charge in [0.1, 0.15) is 5.84 Å². The second-order valence-electron chi connectivity index (χ2n) is 11.4. The maximum absolute atomic E-state index is 12.8. The van der Waals surface area contributed by atoms with Gasteiger partial charge in [0.15, 0.2) is 0 Å². The van der Waals surface area contributed by atoms with Crippen LogP contribution in [0.3, 0.4) is 0 Å². The number of pyridine rings is 1. The molecule has 7 nitrogen and oxygen atoms in total. The highest BCUT2D eigenvalue weighted by atomic mass is 19.4. The number of amidine groups is 1. The number of amides is 1. The van der Waals surface area contributed by atoms with Crippen LogP contribution in [-0.4, -0.2) is 40.8 Å². The normalized spacial score (nSPS) is 36.4. The molecular formula is C25H30F3N5O2. The van der Waals surface area contributed by atoms with Crippen molar-refractivity contribution in [1.29, 1.82) is 5.26 Å². The first kappa shape index (κ1) is 23.9. The number of carbonyl (C=O) groups excluding carboxylic acids is 1. The van der Waals surface area contributed by atoms with Gasteiger partial charge in [-0.25, -0.2) is 4.98 Å². The van der Waals surface area contributed by atoms with Crippen LogP contribution in [0.2, 0.25) is 0 Å². The highest BCUT2D eigenvalue weighted by Gasteiger charge is 2.61. The summed E-state index contributed by atoms with van der Waals surface area (Å²) >= 11 is 0. The number of rotatable bonds is 5. The van der Waals surface area contributed by atoms with Crippen molar-refractivity contribution in [3.8, 4) is 12.1 Å². The van der Waals surface area contributed by atoms with Gasteiger partial charge in [0.25, 0.3) is 0 Å². The maximum atomic E-state index is 12.8. The van der Waals surface area contributed by atoms with Gasteiger partial charge in [-0.15, -0.1) is 0 Å². The Morgan fingerprint density at radius 3 is 2.51 bits per heavy atom. The number of nitriles is 1. The van der Waals surface area contributed by atoms with Gasteiger partial charge < -0.3 is 15.4 Å². The number of nitrogens with zero attached hydrogens (tertiary/aromatic N) is 4. The molecule has 5 aliphatic rings. The molecule has 6 rings (SSSR count). The van der Waals surface area contributed by atoms with Crippen LogP contribution in [0.5, 0.6) is 5.88 Å². The minimum atomic E-state index is -4.45. The molecule has 1 aromatic heterocycles. The predicted octanol–water partition coefficient (Wildman–Crippen LogP) is 4.00. The zero-order valence-corrected chi connectivity index (χ0v) is 19.9. The fraction of sp³-hybridized carbons (Fsp3) is 0.680. The first-order chi connectivity index (χ1) is 16.4. The van der Waals surface area contributed by atoms with Gasteiger partial charge in [-0.2, -0.15) is 23.4 Å². The summed E-state index contributed by atoms with van der Waals surface area (Å²) in [5.74, 6) is 1.80. The number of halogens is 3. The Bertz CT molecular complexity index is 1060. The summed E-state index contributed by atoms with van der Waals surface area (Å²) in [6, 6.07) is 2.38. The molecule has 5 fully saturated rings. The summed E-state index contributed by atoms with van der Waals surface area (Å²) in [6.07, 6.45) is 2.87. The molecule has 0 radical (unpaired) electrons. The molecule has 188 valence electrons. The summed E-state index contributed by atoms with van der Waals surface area (Å²) in [5.41, 5.74) is 4.16. The SMILES string of the molecule is CC1(C)/C(=N/C#N)N(C2C3CC4CC2CC(C(N)=O)(C4)C3)CC1COc1ccc(C(F)(F)F)cn1. The molecule has 4 aliphatic carbocycles. The van der Waals surface area contributed by atoms with Crippen LogP contribution >= 0.6 is 0 Å². The second kappa shape index (κ2) is 8.10. The Hall–Kier alpha value is -2.83. The molecule has 3 unspecified atom stereocenters. The number of likely N-dealkylation sites (tertiary alicyclic amines) is 1. The smallest absolute Gasteiger partial charge is 0.417 e. The van der Waals surface area contributed by atoms with E-state index in [0.29, 0.717) is 24.3 Å². The van der Waals surface area contributed by atoms with Gasteiger partial charge in [0.2, 0.25) is 18.0 Å². The van der Waals surface area contributed by atoms with E-state index in [0.717, 1.165) is 50.2 Å². The quantitative estimate of drug-likeness (QED) is 0.630. The monoisotopic (exact) mass is 489 g/mol. The molecule has 1 aromatic rings. The number of primary amides is 1. The Kier molecular flexibility index (Phi) is 5.53. The van der Waals surface area contributed by atoms with E-state index in [1.165, 1.54) is 6.07 Å². The van der Waals surface area contributed by atoms with Crippen molar-refractivity contribution >= 4 is 11.7 Å². The van der Waals surface area contributed by atoms with Gasteiger partial charge in [-0.1, -0.05) is 13.8 Å². The minimum Gasteiger partial charge on any atom is -0.477 e. The molecule has 3 atom stereocenters. The fourth-order valence-corrected chi connectivity index (χ4v) is 7.51. The van der Waals surface area contributed by atoms with Crippen LogP contribution in [0.1, 0.15) is 51.5 Å². The highest BCUT2D eigenvalue weighted by Crippen LogP contribution is 2.62. The third-order valence-corrected chi connectivity index (χ3v) is 9.04. The van der Waals surface area contributed by atoms with E-state index in [4.69, 9.17) is 10.5 Å². The lowest BCUT2D eigenvalue weighted by atomic mass is 9.47. The molecule has 10 heteroatoms. The van der Waals surface area contributed by atoms with Crippen LogP contribution in [0.15, 0.2) is 23.3 Å². The first-order valence-electron chi connectivity index (χ1n) is 12.1. The molecule has 0 spiro atoms. The molecule has 1 aliphatic heterocycles. The Morgan fingerprint density at radius 2 is 1.97 bits per heavy atom. The number of hydrogen-bond acceptors (Lipinski definition) is 5. The molecule has 35 heavy (non-hydrogen) atoms. The van der Waals surface area contributed by atoms with Crippen LogP contribution in [-0.2, 0) is 11.0 Å². The Morgan fingerprint density at radius 1 is 1.29 bits per heavy atom. The summed E-state index contributed by atoms with van der Waals surface area (Å²) < 4.78 is 44.3. The number of hydrogen-bond donors (Lipinski definition) is 1. The molecule has 1 saturated heterocycles. The van der Waals surface area contributed by atoms with Crippen molar-refractivity contribution < 1.29 is 22.7 Å². The van der Waals surface area contributed by atoms with Gasteiger partial charge in [-0.3, -0.25) is 4.79 Å². The van der Waals surface area contributed by atoms with Gasteiger partial charge in [-0.05, 0) is 55.9 Å². The van der Waals surface area contributed by atoms with Crippen molar-refractivity contribution in [2.24, 2.45) is 45.2 Å². The minimum absolute atomic E-state index is 0.0408. The number of ether oxygens (including phenoxy) is 1. The summed E-state index contributed by atoms with van der Waals surface area (Å²) in [4.78, 5) is 22.7. The first-order valence-corrected chi connectivity index (χ1v) is 12.1. The highest BCUT2D eigenvalue weighted by molar-refractivity contribution is 5.91. The van der Waals surface area contributed by atoms with Crippen molar-refractivity contribution in [3.63, 3.8) is 0 Å². The number of alkyl halides is 3. The van der Waals surface area contributed by atoms with E-state index >= 15 is 0 Å². The van der Waals surface area contributed by atoms with Crippen molar-refractivity contribution in [3.05, 3.63) is 23.9 Å². The molecule has 4 bridgehead atoms. The molecule has 2 N–H and O–H groups in total. The lowest BCUT2D eigenvalue weighted by Crippen LogP contribution is -2.62. The lowest BCUT2D eigenvalue weighted by molar-refractivity contribution is -0.149. The van der Waals surface area contributed by atoms with Crippen molar-refractivity contribution in [2.45, 2.75) is 58.2 Å². The summed E-state index contributed by atoms with van der Waals surface area (Å²) in [7, 11) is 0. The van der Waals surface area contributed by atoms with Crippen LogP contribution in [0.25, 0.3) is 0 Å². The predicted molar refractivity (Wildman–Crippen MR) is 121 cm³/mol. The Balaban J connectivity index is 1.35. The fourth-order valence-electron chi connectivity index (χ4n) is 7.51. The number of aromatic nitrogens is 1. The van der Waals surface area contributed by atoms with Gasteiger partial charge >= 0.3 is 6.18 Å². The number of nitrogens with two attached hydrogens (primary N) is 1. The number of aliphatic imine (C=N–C) groups is 1. The van der Waals surface area contributed by atoms with E-state index in [1.54, 1.807) is 0 Å². The number of carbonyl (C=O) groups is 1. The largest absolute Gasteiger partial charge is 0.477 e. The maximum Gasteiger partial charge on any atom is 0.417 e. The van der Waals surface area contributed by atoms with E-state index in [2.05, 4.69) is 14.9 Å². The van der Waals surface area contributed by atoms with Crippen LogP contribution in [0, 0.1) is 46.0 Å². The zero-order chi connectivity index (χ0) is 25.2. The topological polar surface area (TPSA) is 105 Å². The third-order valence-electron chi connectivity index (χ3n) is 9.04. The molecule has 0 aromatic carbocycles. The van der Waals surface area contributed by atoms with Gasteiger partial charge in [0.05, 0.1) is 12.2 Å². The average Bonchev–Trinajstić information content (AvgIpc) is 3.01.